The summed E-state index contributed by atoms with van der Waals surface area (Å²) in [6.45, 7) is 6.50. The Kier molecular flexibility index (Phi) is 4.78. The molecule has 2 rings (SSSR count). The minimum atomic E-state index is -0.533. The van der Waals surface area contributed by atoms with Gasteiger partial charge >= 0.3 is 6.09 Å². The van der Waals surface area contributed by atoms with Crippen LogP contribution in [-0.2, 0) is 9.53 Å². The highest BCUT2D eigenvalue weighted by Crippen LogP contribution is 2.48. The molecule has 1 saturated carbocycles. The molecule has 0 atom stereocenters. The summed E-state index contributed by atoms with van der Waals surface area (Å²) in [5.74, 6) is -0.275. The first-order valence-electron chi connectivity index (χ1n) is 7.78. The van der Waals surface area contributed by atoms with Crippen LogP contribution in [0.4, 0.5) is 9.18 Å². The number of alkyl carbamates (subject to hydrolysis) is 1. The summed E-state index contributed by atoms with van der Waals surface area (Å²) in [4.78, 5) is 25.5. The minimum Gasteiger partial charge on any atom is -0.444 e. The van der Waals surface area contributed by atoms with Crippen LogP contribution >= 0.6 is 0 Å². The van der Waals surface area contributed by atoms with Gasteiger partial charge in [-0.1, -0.05) is 0 Å². The van der Waals surface area contributed by atoms with Crippen LogP contribution in [-0.4, -0.2) is 42.1 Å². The largest absolute Gasteiger partial charge is 0.444 e. The van der Waals surface area contributed by atoms with E-state index in [0.29, 0.717) is 25.9 Å². The second-order valence-corrected chi connectivity index (χ2v) is 7.29. The molecule has 2 amide bonds. The quantitative estimate of drug-likeness (QED) is 0.868. The van der Waals surface area contributed by atoms with E-state index in [9.17, 15) is 14.0 Å². The van der Waals surface area contributed by atoms with E-state index in [1.165, 1.54) is 6.08 Å². The van der Waals surface area contributed by atoms with E-state index in [2.05, 4.69) is 5.32 Å². The van der Waals surface area contributed by atoms with E-state index in [-0.39, 0.29) is 23.7 Å². The number of nitrogens with zero attached hydrogens (tertiary/aromatic N) is 1. The number of amides is 2. The maximum absolute atomic E-state index is 13.2. The van der Waals surface area contributed by atoms with E-state index in [1.54, 1.807) is 25.7 Å². The van der Waals surface area contributed by atoms with Gasteiger partial charge in [-0.05, 0) is 51.5 Å². The average Bonchev–Trinajstić information content (AvgIpc) is 3.15. The number of hydrogen-bond donors (Lipinski definition) is 1. The number of carbonyl (C=O) groups is 2. The highest BCUT2D eigenvalue weighted by atomic mass is 19.1. The van der Waals surface area contributed by atoms with Crippen molar-refractivity contribution in [1.29, 1.82) is 0 Å². The molecule has 0 bridgehead atoms. The van der Waals surface area contributed by atoms with Gasteiger partial charge in [-0.3, -0.25) is 4.79 Å². The van der Waals surface area contributed by atoms with E-state index in [0.717, 1.165) is 12.8 Å². The van der Waals surface area contributed by atoms with Crippen molar-refractivity contribution in [3.8, 4) is 0 Å². The Morgan fingerprint density at radius 3 is 2.64 bits per heavy atom. The number of hydrogen-bond acceptors (Lipinski definition) is 3. The normalized spacial score (nSPS) is 20.2. The molecule has 124 valence electrons. The molecule has 0 radical (unpaired) electrons. The van der Waals surface area contributed by atoms with Gasteiger partial charge in [0.25, 0.3) is 0 Å². The lowest BCUT2D eigenvalue weighted by molar-refractivity contribution is -0.132. The molecule has 1 N–H and O–H groups in total. The fraction of sp³-hybridized carbons (Fsp3) is 0.750. The van der Waals surface area contributed by atoms with Gasteiger partial charge in [0, 0.05) is 19.5 Å². The summed E-state index contributed by atoms with van der Waals surface area (Å²) in [7, 11) is 0. The summed E-state index contributed by atoms with van der Waals surface area (Å²) in [6.07, 6.45) is 3.80. The first-order chi connectivity index (χ1) is 10.2. The summed E-state index contributed by atoms with van der Waals surface area (Å²) < 4.78 is 18.4. The van der Waals surface area contributed by atoms with Crippen molar-refractivity contribution in [3.05, 3.63) is 11.9 Å². The van der Waals surface area contributed by atoms with E-state index in [1.807, 2.05) is 0 Å². The third kappa shape index (κ3) is 5.00. The Labute approximate surface area is 130 Å². The Balaban J connectivity index is 1.78. The van der Waals surface area contributed by atoms with E-state index < -0.39 is 11.7 Å². The van der Waals surface area contributed by atoms with Crippen molar-refractivity contribution in [1.82, 2.24) is 10.2 Å². The molecule has 0 aromatic carbocycles. The fourth-order valence-electron chi connectivity index (χ4n) is 2.52. The molecule has 1 aliphatic carbocycles. The highest BCUT2D eigenvalue weighted by molar-refractivity contribution is 5.78. The van der Waals surface area contributed by atoms with Crippen molar-refractivity contribution < 1.29 is 18.7 Å². The monoisotopic (exact) mass is 312 g/mol. The molecule has 1 fully saturated rings. The van der Waals surface area contributed by atoms with Crippen LogP contribution in [0.15, 0.2) is 11.9 Å². The van der Waals surface area contributed by atoms with Crippen molar-refractivity contribution in [2.45, 2.75) is 52.1 Å². The highest BCUT2D eigenvalue weighted by Gasteiger charge is 2.45. The third-order valence-corrected chi connectivity index (χ3v) is 3.95. The van der Waals surface area contributed by atoms with Gasteiger partial charge in [0.05, 0.1) is 6.54 Å². The molecule has 0 spiro atoms. The summed E-state index contributed by atoms with van der Waals surface area (Å²) in [5.41, 5.74) is -0.708. The number of carbonyl (C=O) groups excluding carboxylic acids is 2. The second-order valence-electron chi connectivity index (χ2n) is 7.29. The van der Waals surface area contributed by atoms with Gasteiger partial charge in [0.2, 0.25) is 5.91 Å². The number of halogens is 1. The van der Waals surface area contributed by atoms with Crippen LogP contribution in [0.1, 0.15) is 46.5 Å². The first kappa shape index (κ1) is 16.8. The molecule has 5 nitrogen and oxygen atoms in total. The zero-order valence-corrected chi connectivity index (χ0v) is 13.6. The molecular weight excluding hydrogens is 287 g/mol. The van der Waals surface area contributed by atoms with Gasteiger partial charge in [-0.25, -0.2) is 9.18 Å². The zero-order valence-electron chi connectivity index (χ0n) is 13.6. The first-order valence-corrected chi connectivity index (χ1v) is 7.78. The van der Waals surface area contributed by atoms with Crippen molar-refractivity contribution in [3.63, 3.8) is 0 Å². The smallest absolute Gasteiger partial charge is 0.407 e. The van der Waals surface area contributed by atoms with Crippen molar-refractivity contribution in [2.24, 2.45) is 5.41 Å². The topological polar surface area (TPSA) is 58.6 Å². The Bertz CT molecular complexity index is 478. The number of ether oxygens (including phenoxy) is 1. The zero-order chi connectivity index (χ0) is 16.4. The summed E-state index contributed by atoms with van der Waals surface area (Å²) in [5, 5.41) is 2.74. The molecular formula is C16H25FN2O3. The lowest BCUT2D eigenvalue weighted by Crippen LogP contribution is -2.40. The molecule has 0 unspecified atom stereocenters. The Morgan fingerprint density at radius 2 is 2.09 bits per heavy atom. The summed E-state index contributed by atoms with van der Waals surface area (Å²) >= 11 is 0. The molecule has 1 aliphatic heterocycles. The van der Waals surface area contributed by atoms with Crippen molar-refractivity contribution in [2.75, 3.05) is 19.6 Å². The van der Waals surface area contributed by atoms with Crippen molar-refractivity contribution >= 4 is 12.0 Å². The average molecular weight is 312 g/mol. The molecule has 2 aliphatic rings. The molecule has 0 saturated heterocycles. The van der Waals surface area contributed by atoms with E-state index >= 15 is 0 Å². The minimum absolute atomic E-state index is 0.0354. The van der Waals surface area contributed by atoms with Gasteiger partial charge in [-0.15, -0.1) is 0 Å². The van der Waals surface area contributed by atoms with Crippen LogP contribution in [0, 0.1) is 5.41 Å². The predicted molar refractivity (Wildman–Crippen MR) is 80.9 cm³/mol. The van der Waals surface area contributed by atoms with Crippen LogP contribution in [0.25, 0.3) is 0 Å². The number of nitrogens with one attached hydrogen (secondary N) is 1. The maximum atomic E-state index is 13.2. The third-order valence-electron chi connectivity index (χ3n) is 3.95. The molecule has 1 heterocycles. The predicted octanol–water partition coefficient (Wildman–Crippen LogP) is 2.77. The maximum Gasteiger partial charge on any atom is 0.407 e. The van der Waals surface area contributed by atoms with Crippen LogP contribution in [0.5, 0.6) is 0 Å². The number of rotatable bonds is 4. The Morgan fingerprint density at radius 1 is 1.41 bits per heavy atom. The standard InChI is InChI=1S/C16H25FN2O3/c1-15(2,3)22-14(21)18-11-16(6-7-16)9-13(20)19-8-4-5-12(17)10-19/h5H,4,6-11H2,1-3H3,(H,18,21). The van der Waals surface area contributed by atoms with E-state index in [4.69, 9.17) is 4.74 Å². The fourth-order valence-corrected chi connectivity index (χ4v) is 2.52. The van der Waals surface area contributed by atoms with Gasteiger partial charge < -0.3 is 15.0 Å². The summed E-state index contributed by atoms with van der Waals surface area (Å²) in [6, 6.07) is 0. The lowest BCUT2D eigenvalue weighted by Gasteiger charge is -2.27. The van der Waals surface area contributed by atoms with Crippen LogP contribution < -0.4 is 5.32 Å². The second kappa shape index (κ2) is 6.26. The molecule has 6 heteroatoms. The SMILES string of the molecule is CC(C)(C)OC(=O)NCC1(CC(=O)N2CCC=C(F)C2)CC1. The lowest BCUT2D eigenvalue weighted by atomic mass is 10.0. The van der Waals surface area contributed by atoms with Crippen LogP contribution in [0.3, 0.4) is 0 Å². The van der Waals surface area contributed by atoms with Crippen LogP contribution in [0.2, 0.25) is 0 Å². The van der Waals surface area contributed by atoms with Gasteiger partial charge in [0.15, 0.2) is 0 Å². The van der Waals surface area contributed by atoms with Gasteiger partial charge in [0.1, 0.15) is 11.4 Å². The Hall–Kier alpha value is -1.59. The molecule has 0 aromatic heterocycles. The molecule has 22 heavy (non-hydrogen) atoms. The molecule has 0 aromatic rings. The van der Waals surface area contributed by atoms with Gasteiger partial charge in [-0.2, -0.15) is 0 Å².